The lowest BCUT2D eigenvalue weighted by molar-refractivity contribution is -0.122. The van der Waals surface area contributed by atoms with Gasteiger partial charge in [-0.2, -0.15) is 4.31 Å². The Bertz CT molecular complexity index is 1200. The number of nitrogens with one attached hydrogen (secondary N) is 1. The van der Waals surface area contributed by atoms with Gasteiger partial charge >= 0.3 is 0 Å². The third kappa shape index (κ3) is 6.84. The fourth-order valence-corrected chi connectivity index (χ4v) is 5.35. The van der Waals surface area contributed by atoms with Gasteiger partial charge in [0.2, 0.25) is 15.9 Å². The molecule has 0 fully saturated rings. The molecule has 3 aromatic carbocycles. The minimum atomic E-state index is -3.91. The van der Waals surface area contributed by atoms with E-state index in [-0.39, 0.29) is 29.9 Å². The van der Waals surface area contributed by atoms with E-state index in [0.717, 1.165) is 16.0 Å². The molecular formula is C25H27ClN2O3S2. The maximum Gasteiger partial charge on any atom is 0.243 e. The zero-order chi connectivity index (χ0) is 24.0. The number of sulfonamides is 1. The number of hydrogen-bond donors (Lipinski definition) is 1. The number of hydrogen-bond acceptors (Lipinski definition) is 4. The molecule has 1 atom stereocenters. The molecule has 0 saturated carbocycles. The summed E-state index contributed by atoms with van der Waals surface area (Å²) in [5, 5.41) is 3.42. The van der Waals surface area contributed by atoms with E-state index < -0.39 is 10.0 Å². The lowest BCUT2D eigenvalue weighted by Crippen LogP contribution is -2.41. The van der Waals surface area contributed by atoms with Crippen LogP contribution in [0.2, 0.25) is 5.02 Å². The average Bonchev–Trinajstić information content (AvgIpc) is 2.79. The molecule has 0 aliphatic heterocycles. The molecular weight excluding hydrogens is 476 g/mol. The van der Waals surface area contributed by atoms with E-state index in [1.165, 1.54) is 4.31 Å². The number of benzene rings is 3. The van der Waals surface area contributed by atoms with Crippen LogP contribution < -0.4 is 5.32 Å². The monoisotopic (exact) mass is 502 g/mol. The quantitative estimate of drug-likeness (QED) is 0.396. The minimum Gasteiger partial charge on any atom is -0.348 e. The summed E-state index contributed by atoms with van der Waals surface area (Å²) in [6.07, 6.45) is 2.00. The SMILES string of the molecule is CSc1ccc([C@H](C)NC(=O)CN(Cc2cccc(Cl)c2)S(=O)(=O)c2ccc(C)cc2)cc1. The summed E-state index contributed by atoms with van der Waals surface area (Å²) in [7, 11) is -3.91. The highest BCUT2D eigenvalue weighted by Gasteiger charge is 2.27. The molecule has 0 heterocycles. The molecule has 0 unspecified atom stereocenters. The van der Waals surface area contributed by atoms with E-state index in [1.807, 2.05) is 44.4 Å². The normalized spacial score (nSPS) is 12.5. The Kier molecular flexibility index (Phi) is 8.59. The van der Waals surface area contributed by atoms with Crippen LogP contribution in [0.25, 0.3) is 0 Å². The first-order valence-electron chi connectivity index (χ1n) is 10.4. The number of carbonyl (C=O) groups excluding carboxylic acids is 1. The minimum absolute atomic E-state index is 0.0288. The predicted molar refractivity (Wildman–Crippen MR) is 135 cm³/mol. The first-order chi connectivity index (χ1) is 15.7. The van der Waals surface area contributed by atoms with Crippen molar-refractivity contribution in [3.63, 3.8) is 0 Å². The van der Waals surface area contributed by atoms with Crippen LogP contribution in [0, 0.1) is 6.92 Å². The number of aryl methyl sites for hydroxylation is 1. The molecule has 0 aromatic heterocycles. The summed E-state index contributed by atoms with van der Waals surface area (Å²) in [4.78, 5) is 14.2. The molecule has 5 nitrogen and oxygen atoms in total. The number of carbonyl (C=O) groups is 1. The molecule has 8 heteroatoms. The second kappa shape index (κ2) is 11.2. The lowest BCUT2D eigenvalue weighted by atomic mass is 10.1. The molecule has 3 rings (SSSR count). The van der Waals surface area contributed by atoms with Gasteiger partial charge in [0.15, 0.2) is 0 Å². The third-order valence-corrected chi connectivity index (χ3v) is 8.00. The van der Waals surface area contributed by atoms with Crippen molar-refractivity contribution in [3.8, 4) is 0 Å². The molecule has 1 amide bonds. The Labute approximate surface area is 205 Å². The van der Waals surface area contributed by atoms with Gasteiger partial charge in [0, 0.05) is 16.5 Å². The zero-order valence-corrected chi connectivity index (χ0v) is 21.2. The van der Waals surface area contributed by atoms with Crippen molar-refractivity contribution in [2.45, 2.75) is 36.2 Å². The molecule has 1 N–H and O–H groups in total. The second-order valence-electron chi connectivity index (χ2n) is 7.78. The van der Waals surface area contributed by atoms with Crippen molar-refractivity contribution in [1.29, 1.82) is 0 Å². The van der Waals surface area contributed by atoms with E-state index >= 15 is 0 Å². The average molecular weight is 503 g/mol. The topological polar surface area (TPSA) is 66.5 Å². The summed E-state index contributed by atoms with van der Waals surface area (Å²) in [6, 6.07) is 21.2. The van der Waals surface area contributed by atoms with Crippen molar-refractivity contribution < 1.29 is 13.2 Å². The first-order valence-corrected chi connectivity index (χ1v) is 13.5. The van der Waals surface area contributed by atoms with Gasteiger partial charge in [0.05, 0.1) is 17.5 Å². The summed E-state index contributed by atoms with van der Waals surface area (Å²) < 4.78 is 28.0. The van der Waals surface area contributed by atoms with Crippen LogP contribution in [0.3, 0.4) is 0 Å². The van der Waals surface area contributed by atoms with E-state index in [1.54, 1.807) is 60.3 Å². The van der Waals surface area contributed by atoms with Gasteiger partial charge < -0.3 is 5.32 Å². The molecule has 3 aromatic rings. The molecule has 174 valence electrons. The fraction of sp³-hybridized carbons (Fsp3) is 0.240. The lowest BCUT2D eigenvalue weighted by Gasteiger charge is -2.23. The van der Waals surface area contributed by atoms with E-state index in [4.69, 9.17) is 11.6 Å². The van der Waals surface area contributed by atoms with Gasteiger partial charge in [0.25, 0.3) is 0 Å². The largest absolute Gasteiger partial charge is 0.348 e. The maximum atomic E-state index is 13.4. The molecule has 0 aliphatic rings. The Hall–Kier alpha value is -2.32. The van der Waals surface area contributed by atoms with Crippen LogP contribution in [0.1, 0.15) is 29.7 Å². The highest BCUT2D eigenvalue weighted by Crippen LogP contribution is 2.22. The Morgan fingerprint density at radius 3 is 2.33 bits per heavy atom. The predicted octanol–water partition coefficient (Wildman–Crippen LogP) is 5.44. The van der Waals surface area contributed by atoms with Crippen LogP contribution in [0.5, 0.6) is 0 Å². The number of thioether (sulfide) groups is 1. The number of amides is 1. The molecule has 0 radical (unpaired) electrons. The van der Waals surface area contributed by atoms with E-state index in [0.29, 0.717) is 10.6 Å². The van der Waals surface area contributed by atoms with Gasteiger partial charge in [-0.25, -0.2) is 8.42 Å². The highest BCUT2D eigenvalue weighted by atomic mass is 35.5. The summed E-state index contributed by atoms with van der Waals surface area (Å²) in [5.74, 6) is -0.380. The van der Waals surface area contributed by atoms with Crippen molar-refractivity contribution in [2.24, 2.45) is 0 Å². The van der Waals surface area contributed by atoms with Crippen LogP contribution in [0.15, 0.2) is 82.6 Å². The molecule has 0 spiro atoms. The van der Waals surface area contributed by atoms with Crippen LogP contribution in [-0.4, -0.2) is 31.4 Å². The smallest absolute Gasteiger partial charge is 0.243 e. The van der Waals surface area contributed by atoms with Crippen LogP contribution in [0.4, 0.5) is 0 Å². The second-order valence-corrected chi connectivity index (χ2v) is 11.0. The van der Waals surface area contributed by atoms with Gasteiger partial charge in [-0.3, -0.25) is 4.79 Å². The van der Waals surface area contributed by atoms with Gasteiger partial charge in [-0.05, 0) is 67.6 Å². The number of rotatable bonds is 9. The van der Waals surface area contributed by atoms with E-state index in [2.05, 4.69) is 5.32 Å². The molecule has 33 heavy (non-hydrogen) atoms. The summed E-state index contributed by atoms with van der Waals surface area (Å²) in [6.45, 7) is 3.49. The van der Waals surface area contributed by atoms with Crippen LogP contribution >= 0.6 is 23.4 Å². The summed E-state index contributed by atoms with van der Waals surface area (Å²) >= 11 is 7.74. The standard InChI is InChI=1S/C25H27ClN2O3S2/c1-18-7-13-24(14-8-18)33(30,31)28(16-20-5-4-6-22(26)15-20)17-25(29)27-19(2)21-9-11-23(32-3)12-10-21/h4-15,19H,16-17H2,1-3H3,(H,27,29)/t19-/m0/s1. The van der Waals surface area contributed by atoms with Crippen LogP contribution in [-0.2, 0) is 21.4 Å². The zero-order valence-electron chi connectivity index (χ0n) is 18.8. The first kappa shape index (κ1) is 25.3. The molecule has 0 saturated heterocycles. The molecule has 0 aliphatic carbocycles. The van der Waals surface area contributed by atoms with Crippen molar-refractivity contribution in [2.75, 3.05) is 12.8 Å². The van der Waals surface area contributed by atoms with Gasteiger partial charge in [-0.15, -0.1) is 11.8 Å². The van der Waals surface area contributed by atoms with Gasteiger partial charge in [0.1, 0.15) is 0 Å². The van der Waals surface area contributed by atoms with Crippen molar-refractivity contribution in [3.05, 3.63) is 94.5 Å². The van der Waals surface area contributed by atoms with Gasteiger partial charge in [-0.1, -0.05) is 53.6 Å². The third-order valence-electron chi connectivity index (χ3n) is 5.22. The van der Waals surface area contributed by atoms with Crippen molar-refractivity contribution in [1.82, 2.24) is 9.62 Å². The summed E-state index contributed by atoms with van der Waals surface area (Å²) in [5.41, 5.74) is 2.60. The Morgan fingerprint density at radius 2 is 1.73 bits per heavy atom. The van der Waals surface area contributed by atoms with E-state index in [9.17, 15) is 13.2 Å². The number of nitrogens with zero attached hydrogens (tertiary/aromatic N) is 1. The Balaban J connectivity index is 1.82. The number of halogens is 1. The maximum absolute atomic E-state index is 13.4. The molecule has 0 bridgehead atoms. The highest BCUT2D eigenvalue weighted by molar-refractivity contribution is 7.98. The van der Waals surface area contributed by atoms with Crippen molar-refractivity contribution >= 4 is 39.3 Å². The Morgan fingerprint density at radius 1 is 1.06 bits per heavy atom. The fourth-order valence-electron chi connectivity index (χ4n) is 3.35.